The summed E-state index contributed by atoms with van der Waals surface area (Å²) in [6.07, 6.45) is 3.92. The highest BCUT2D eigenvalue weighted by molar-refractivity contribution is 7.92. The van der Waals surface area contributed by atoms with Crippen LogP contribution in [0.5, 0.6) is 0 Å². The Balaban J connectivity index is 2.72. The molecule has 0 spiro atoms. The van der Waals surface area contributed by atoms with Crippen LogP contribution in [0.4, 0.5) is 0 Å². The molecule has 0 radical (unpaired) electrons. The molecule has 1 atom stereocenters. The molecule has 0 saturated heterocycles. The highest BCUT2D eigenvalue weighted by Crippen LogP contribution is 2.38. The van der Waals surface area contributed by atoms with Crippen molar-refractivity contribution in [2.75, 3.05) is 26.0 Å². The predicted molar refractivity (Wildman–Crippen MR) is 74.5 cm³/mol. The van der Waals surface area contributed by atoms with Crippen molar-refractivity contribution in [2.24, 2.45) is 5.41 Å². The Morgan fingerprint density at radius 2 is 1.89 bits per heavy atom. The lowest BCUT2D eigenvalue weighted by Crippen LogP contribution is -2.45. The molecule has 1 fully saturated rings. The van der Waals surface area contributed by atoms with Gasteiger partial charge in [0, 0.05) is 24.8 Å². The van der Waals surface area contributed by atoms with E-state index in [2.05, 4.69) is 0 Å². The van der Waals surface area contributed by atoms with Gasteiger partial charge in [-0.05, 0) is 19.8 Å². The lowest BCUT2D eigenvalue weighted by atomic mass is 9.86. The molecule has 1 rings (SSSR count). The summed E-state index contributed by atoms with van der Waals surface area (Å²) < 4.78 is 23.5. The Morgan fingerprint density at radius 3 is 2.32 bits per heavy atom. The molecule has 1 saturated carbocycles. The van der Waals surface area contributed by atoms with Crippen molar-refractivity contribution in [2.45, 2.75) is 44.8 Å². The Hall–Kier alpha value is -0.620. The standard InChI is InChI=1S/C13H25NO4S/c1-4-19(17,18)11(2)12(16)14(3)9-13(10-15)7-5-6-8-13/h11,15H,4-10H2,1-3H3. The fourth-order valence-electron chi connectivity index (χ4n) is 2.79. The Kier molecular flexibility index (Phi) is 5.38. The van der Waals surface area contributed by atoms with Gasteiger partial charge in [-0.1, -0.05) is 19.8 Å². The van der Waals surface area contributed by atoms with Crippen LogP contribution in [0.25, 0.3) is 0 Å². The third-order valence-electron chi connectivity index (χ3n) is 4.24. The van der Waals surface area contributed by atoms with Crippen molar-refractivity contribution in [3.05, 3.63) is 0 Å². The van der Waals surface area contributed by atoms with Crippen LogP contribution in [0.15, 0.2) is 0 Å². The van der Waals surface area contributed by atoms with E-state index in [-0.39, 0.29) is 23.7 Å². The smallest absolute Gasteiger partial charge is 0.240 e. The molecule has 112 valence electrons. The monoisotopic (exact) mass is 291 g/mol. The van der Waals surface area contributed by atoms with Gasteiger partial charge in [0.25, 0.3) is 0 Å². The average molecular weight is 291 g/mol. The van der Waals surface area contributed by atoms with E-state index in [0.29, 0.717) is 6.54 Å². The number of carbonyl (C=O) groups is 1. The number of nitrogens with zero attached hydrogens (tertiary/aromatic N) is 1. The summed E-state index contributed by atoms with van der Waals surface area (Å²) in [5, 5.41) is 8.54. The first-order valence-electron chi connectivity index (χ1n) is 6.85. The summed E-state index contributed by atoms with van der Waals surface area (Å²) in [5.41, 5.74) is -0.236. The first-order valence-corrected chi connectivity index (χ1v) is 8.57. The van der Waals surface area contributed by atoms with Crippen molar-refractivity contribution in [1.29, 1.82) is 0 Å². The van der Waals surface area contributed by atoms with E-state index in [1.165, 1.54) is 11.8 Å². The van der Waals surface area contributed by atoms with Gasteiger partial charge in [-0.25, -0.2) is 8.42 Å². The molecule has 5 nitrogen and oxygen atoms in total. The van der Waals surface area contributed by atoms with Gasteiger partial charge in [0.05, 0.1) is 6.61 Å². The second kappa shape index (κ2) is 6.22. The molecule has 0 aromatic rings. The normalized spacial score (nSPS) is 20.2. The highest BCUT2D eigenvalue weighted by Gasteiger charge is 2.37. The predicted octanol–water partition coefficient (Wildman–Crippen LogP) is 0.821. The van der Waals surface area contributed by atoms with Crippen LogP contribution >= 0.6 is 0 Å². The number of rotatable bonds is 6. The van der Waals surface area contributed by atoms with E-state index in [0.717, 1.165) is 25.7 Å². The molecule has 0 heterocycles. The molecule has 1 amide bonds. The van der Waals surface area contributed by atoms with E-state index in [1.807, 2.05) is 0 Å². The van der Waals surface area contributed by atoms with E-state index < -0.39 is 15.1 Å². The third-order valence-corrected chi connectivity index (χ3v) is 6.32. The van der Waals surface area contributed by atoms with Crippen molar-refractivity contribution < 1.29 is 18.3 Å². The van der Waals surface area contributed by atoms with Crippen LogP contribution in [-0.2, 0) is 14.6 Å². The van der Waals surface area contributed by atoms with E-state index in [1.54, 1.807) is 14.0 Å². The zero-order chi connectivity index (χ0) is 14.7. The molecule has 0 bridgehead atoms. The van der Waals surface area contributed by atoms with Crippen LogP contribution in [0, 0.1) is 5.41 Å². The summed E-state index contributed by atoms with van der Waals surface area (Å²) in [5.74, 6) is -0.402. The number of amides is 1. The Labute approximate surface area is 115 Å². The molecule has 0 aliphatic heterocycles. The number of hydrogen-bond donors (Lipinski definition) is 1. The Morgan fingerprint density at radius 1 is 1.37 bits per heavy atom. The van der Waals surface area contributed by atoms with Crippen molar-refractivity contribution in [3.63, 3.8) is 0 Å². The van der Waals surface area contributed by atoms with Crippen LogP contribution in [0.2, 0.25) is 0 Å². The first-order chi connectivity index (χ1) is 8.78. The van der Waals surface area contributed by atoms with Gasteiger partial charge in [-0.2, -0.15) is 0 Å². The SMILES string of the molecule is CCS(=O)(=O)C(C)C(=O)N(C)CC1(CO)CCCC1. The van der Waals surface area contributed by atoms with Gasteiger partial charge in [0.15, 0.2) is 9.84 Å². The fourth-order valence-corrected chi connectivity index (χ4v) is 3.77. The minimum absolute atomic E-state index is 0.0289. The summed E-state index contributed by atoms with van der Waals surface area (Å²) in [6.45, 7) is 3.48. The van der Waals surface area contributed by atoms with E-state index >= 15 is 0 Å². The first kappa shape index (κ1) is 16.4. The maximum absolute atomic E-state index is 12.2. The molecule has 1 N–H and O–H groups in total. The molecular formula is C13H25NO4S. The molecule has 1 aliphatic carbocycles. The maximum atomic E-state index is 12.2. The highest BCUT2D eigenvalue weighted by atomic mass is 32.2. The molecule has 0 aromatic carbocycles. The van der Waals surface area contributed by atoms with Crippen LogP contribution in [0.1, 0.15) is 39.5 Å². The van der Waals surface area contributed by atoms with Gasteiger partial charge in [0.2, 0.25) is 5.91 Å². The molecule has 0 aromatic heterocycles. The maximum Gasteiger partial charge on any atom is 0.240 e. The minimum atomic E-state index is -3.36. The summed E-state index contributed by atoms with van der Waals surface area (Å²) >= 11 is 0. The van der Waals surface area contributed by atoms with E-state index in [9.17, 15) is 18.3 Å². The van der Waals surface area contributed by atoms with Gasteiger partial charge < -0.3 is 10.0 Å². The number of aliphatic hydroxyl groups excluding tert-OH is 1. The second-order valence-electron chi connectivity index (χ2n) is 5.65. The summed E-state index contributed by atoms with van der Waals surface area (Å²) in [6, 6.07) is 0. The van der Waals surface area contributed by atoms with Gasteiger partial charge in [0.1, 0.15) is 5.25 Å². The van der Waals surface area contributed by atoms with Crippen molar-refractivity contribution in [1.82, 2.24) is 4.90 Å². The van der Waals surface area contributed by atoms with Crippen molar-refractivity contribution in [3.8, 4) is 0 Å². The largest absolute Gasteiger partial charge is 0.396 e. The van der Waals surface area contributed by atoms with Crippen LogP contribution in [-0.4, -0.2) is 55.5 Å². The fraction of sp³-hybridized carbons (Fsp3) is 0.923. The summed E-state index contributed by atoms with van der Waals surface area (Å²) in [4.78, 5) is 13.6. The van der Waals surface area contributed by atoms with Crippen LogP contribution < -0.4 is 0 Å². The van der Waals surface area contributed by atoms with Gasteiger partial charge in [-0.3, -0.25) is 4.79 Å². The zero-order valence-electron chi connectivity index (χ0n) is 12.1. The van der Waals surface area contributed by atoms with Crippen LogP contribution in [0.3, 0.4) is 0 Å². The lowest BCUT2D eigenvalue weighted by Gasteiger charge is -2.32. The quantitative estimate of drug-likeness (QED) is 0.786. The lowest BCUT2D eigenvalue weighted by molar-refractivity contribution is -0.131. The third kappa shape index (κ3) is 3.69. The van der Waals surface area contributed by atoms with Crippen molar-refractivity contribution >= 4 is 15.7 Å². The molecule has 19 heavy (non-hydrogen) atoms. The number of sulfone groups is 1. The van der Waals surface area contributed by atoms with Gasteiger partial charge >= 0.3 is 0 Å². The second-order valence-corrected chi connectivity index (χ2v) is 8.26. The molecule has 6 heteroatoms. The molecule has 1 aliphatic rings. The number of carbonyl (C=O) groups excluding carboxylic acids is 1. The number of aliphatic hydroxyl groups is 1. The molecular weight excluding hydrogens is 266 g/mol. The topological polar surface area (TPSA) is 74.7 Å². The minimum Gasteiger partial charge on any atom is -0.396 e. The average Bonchev–Trinajstić information content (AvgIpc) is 2.85. The number of hydrogen-bond acceptors (Lipinski definition) is 4. The van der Waals surface area contributed by atoms with Gasteiger partial charge in [-0.15, -0.1) is 0 Å². The summed E-state index contributed by atoms with van der Waals surface area (Å²) in [7, 11) is -1.73. The zero-order valence-corrected chi connectivity index (χ0v) is 12.9. The Bertz CT molecular complexity index is 412. The van der Waals surface area contributed by atoms with E-state index in [4.69, 9.17) is 0 Å². The molecule has 1 unspecified atom stereocenters.